The molecule has 0 saturated carbocycles. The zero-order valence-corrected chi connectivity index (χ0v) is 13.6. The number of fused-ring (bicyclic) bond motifs is 1. The Hall–Kier alpha value is -1.93. The van der Waals surface area contributed by atoms with Crippen molar-refractivity contribution in [3.05, 3.63) is 58.7 Å². The van der Waals surface area contributed by atoms with Gasteiger partial charge in [-0.2, -0.15) is 0 Å². The van der Waals surface area contributed by atoms with Crippen LogP contribution in [-0.4, -0.2) is 11.6 Å². The third-order valence-electron chi connectivity index (χ3n) is 4.02. The van der Waals surface area contributed by atoms with Gasteiger partial charge in [0.05, 0.1) is 11.2 Å². The Morgan fingerprint density at radius 3 is 2.24 bits per heavy atom. The highest BCUT2D eigenvalue weighted by molar-refractivity contribution is 6.35. The highest BCUT2D eigenvalue weighted by Gasteiger charge is 2.18. The fraction of sp³-hybridized carbons (Fsp3) is 0.222. The van der Waals surface area contributed by atoms with E-state index < -0.39 is 0 Å². The summed E-state index contributed by atoms with van der Waals surface area (Å²) < 4.78 is 2.04. The van der Waals surface area contributed by atoms with Gasteiger partial charge >= 0.3 is 0 Å². The monoisotopic (exact) mass is 298 g/mol. The molecule has 2 nitrogen and oxygen atoms in total. The summed E-state index contributed by atoms with van der Waals surface area (Å²) in [5, 5.41) is 1.95. The van der Waals surface area contributed by atoms with Crippen LogP contribution in [0.4, 0.5) is 11.4 Å². The highest BCUT2D eigenvalue weighted by atomic mass is 35.5. The zero-order valence-electron chi connectivity index (χ0n) is 12.8. The fourth-order valence-electron chi connectivity index (χ4n) is 2.72. The van der Waals surface area contributed by atoms with Crippen LogP contribution in [0.3, 0.4) is 0 Å². The Morgan fingerprint density at radius 1 is 0.952 bits per heavy atom. The van der Waals surface area contributed by atoms with E-state index in [1.54, 1.807) is 0 Å². The minimum absolute atomic E-state index is 0.763. The summed E-state index contributed by atoms with van der Waals surface area (Å²) in [6.07, 6.45) is 0. The molecule has 0 aliphatic carbocycles. The first-order valence-electron chi connectivity index (χ1n) is 7.04. The third kappa shape index (κ3) is 2.30. The summed E-state index contributed by atoms with van der Waals surface area (Å²) in [4.78, 5) is 2.16. The van der Waals surface area contributed by atoms with Gasteiger partial charge in [0.15, 0.2) is 0 Å². The van der Waals surface area contributed by atoms with E-state index in [0.29, 0.717) is 0 Å². The number of anilines is 2. The smallest absolute Gasteiger partial charge is 0.133 e. The molecule has 0 aliphatic rings. The quantitative estimate of drug-likeness (QED) is 0.630. The summed E-state index contributed by atoms with van der Waals surface area (Å²) in [5.74, 6) is 0. The molecule has 0 atom stereocenters. The van der Waals surface area contributed by atoms with Crippen molar-refractivity contribution in [2.24, 2.45) is 7.05 Å². The first-order valence-corrected chi connectivity index (χ1v) is 7.42. The number of halogens is 1. The lowest BCUT2D eigenvalue weighted by atomic mass is 10.1. The first-order chi connectivity index (χ1) is 9.99. The molecule has 0 saturated heterocycles. The number of rotatable bonds is 2. The zero-order chi connectivity index (χ0) is 15.1. The van der Waals surface area contributed by atoms with Gasteiger partial charge in [0.1, 0.15) is 5.15 Å². The summed E-state index contributed by atoms with van der Waals surface area (Å²) in [6.45, 7) is 4.20. The summed E-state index contributed by atoms with van der Waals surface area (Å²) in [6, 6.07) is 14.9. The van der Waals surface area contributed by atoms with Gasteiger partial charge in [-0.3, -0.25) is 0 Å². The topological polar surface area (TPSA) is 8.17 Å². The Bertz CT molecular complexity index is 800. The number of hydrogen-bond donors (Lipinski definition) is 0. The number of nitrogens with zero attached hydrogens (tertiary/aromatic N) is 2. The molecular formula is C18H19ClN2. The molecule has 3 rings (SSSR count). The van der Waals surface area contributed by atoms with Crippen LogP contribution >= 0.6 is 11.6 Å². The summed E-state index contributed by atoms with van der Waals surface area (Å²) in [5.41, 5.74) is 5.84. The second-order valence-electron chi connectivity index (χ2n) is 5.61. The van der Waals surface area contributed by atoms with E-state index in [0.717, 1.165) is 22.0 Å². The van der Waals surface area contributed by atoms with Gasteiger partial charge in [-0.1, -0.05) is 40.9 Å². The number of hydrogen-bond acceptors (Lipinski definition) is 1. The van der Waals surface area contributed by atoms with E-state index >= 15 is 0 Å². The molecular weight excluding hydrogens is 280 g/mol. The molecule has 0 spiro atoms. The minimum atomic E-state index is 0.763. The van der Waals surface area contributed by atoms with Crippen LogP contribution in [0.2, 0.25) is 5.15 Å². The van der Waals surface area contributed by atoms with Crippen LogP contribution in [0.25, 0.3) is 10.9 Å². The standard InChI is InChI=1S/C18H19ClN2/c1-12-5-8-14(9-6-12)20(3)17-15-11-13(2)7-10-16(15)21(4)18(17)19/h5-11H,1-4H3. The maximum Gasteiger partial charge on any atom is 0.133 e. The molecule has 3 heteroatoms. The van der Waals surface area contributed by atoms with Crippen molar-refractivity contribution in [1.82, 2.24) is 4.57 Å². The van der Waals surface area contributed by atoms with Crippen LogP contribution in [0, 0.1) is 13.8 Å². The van der Waals surface area contributed by atoms with E-state index in [1.807, 2.05) is 11.6 Å². The highest BCUT2D eigenvalue weighted by Crippen LogP contribution is 2.39. The van der Waals surface area contributed by atoms with Gasteiger partial charge in [-0.25, -0.2) is 0 Å². The SMILES string of the molecule is Cc1ccc(N(C)c2c(Cl)n(C)c3ccc(C)cc23)cc1. The van der Waals surface area contributed by atoms with Crippen LogP contribution in [0.1, 0.15) is 11.1 Å². The molecule has 0 amide bonds. The van der Waals surface area contributed by atoms with Crippen LogP contribution < -0.4 is 4.90 Å². The van der Waals surface area contributed by atoms with E-state index in [-0.39, 0.29) is 0 Å². The van der Waals surface area contributed by atoms with Crippen LogP contribution in [0.5, 0.6) is 0 Å². The molecule has 0 fully saturated rings. The molecule has 108 valence electrons. The predicted molar refractivity (Wildman–Crippen MR) is 91.9 cm³/mol. The molecule has 21 heavy (non-hydrogen) atoms. The second-order valence-corrected chi connectivity index (χ2v) is 5.97. The van der Waals surface area contributed by atoms with Gasteiger partial charge in [-0.15, -0.1) is 0 Å². The lowest BCUT2D eigenvalue weighted by Crippen LogP contribution is -2.09. The van der Waals surface area contributed by atoms with Crippen molar-refractivity contribution in [3.63, 3.8) is 0 Å². The van der Waals surface area contributed by atoms with E-state index in [2.05, 4.69) is 68.3 Å². The van der Waals surface area contributed by atoms with Crippen molar-refractivity contribution < 1.29 is 0 Å². The van der Waals surface area contributed by atoms with E-state index in [4.69, 9.17) is 11.6 Å². The number of aromatic nitrogens is 1. The molecule has 3 aromatic rings. The second kappa shape index (κ2) is 5.12. The average Bonchev–Trinajstić information content (AvgIpc) is 2.70. The molecule has 0 aliphatic heterocycles. The lowest BCUT2D eigenvalue weighted by Gasteiger charge is -2.19. The maximum atomic E-state index is 6.59. The predicted octanol–water partition coefficient (Wildman–Crippen LogP) is 5.22. The van der Waals surface area contributed by atoms with Gasteiger partial charge in [-0.05, 0) is 38.1 Å². The minimum Gasteiger partial charge on any atom is -0.342 e. The maximum absolute atomic E-state index is 6.59. The molecule has 1 heterocycles. The van der Waals surface area contributed by atoms with E-state index in [1.165, 1.54) is 16.5 Å². The molecule has 0 radical (unpaired) electrons. The molecule has 1 aromatic heterocycles. The molecule has 0 N–H and O–H groups in total. The van der Waals surface area contributed by atoms with Gasteiger partial charge in [0.2, 0.25) is 0 Å². The number of aryl methyl sites for hydroxylation is 3. The normalized spacial score (nSPS) is 11.1. The van der Waals surface area contributed by atoms with Crippen molar-refractivity contribution in [3.8, 4) is 0 Å². The van der Waals surface area contributed by atoms with Gasteiger partial charge in [0.25, 0.3) is 0 Å². The Balaban J connectivity index is 2.21. The van der Waals surface area contributed by atoms with Crippen molar-refractivity contribution in [2.45, 2.75) is 13.8 Å². The number of benzene rings is 2. The summed E-state index contributed by atoms with van der Waals surface area (Å²) in [7, 11) is 4.07. The molecule has 0 unspecified atom stereocenters. The molecule has 2 aromatic carbocycles. The van der Waals surface area contributed by atoms with Gasteiger partial charge in [0, 0.05) is 25.2 Å². The fourth-order valence-corrected chi connectivity index (χ4v) is 3.04. The van der Waals surface area contributed by atoms with Gasteiger partial charge < -0.3 is 9.47 Å². The van der Waals surface area contributed by atoms with Crippen molar-refractivity contribution >= 4 is 33.9 Å². The van der Waals surface area contributed by atoms with Crippen LogP contribution in [0.15, 0.2) is 42.5 Å². The first kappa shape index (κ1) is 14.0. The average molecular weight is 299 g/mol. The van der Waals surface area contributed by atoms with Crippen molar-refractivity contribution in [2.75, 3.05) is 11.9 Å². The van der Waals surface area contributed by atoms with Crippen LogP contribution in [-0.2, 0) is 7.05 Å². The molecule has 0 bridgehead atoms. The largest absolute Gasteiger partial charge is 0.342 e. The Morgan fingerprint density at radius 2 is 1.57 bits per heavy atom. The Kier molecular flexibility index (Phi) is 3.42. The Labute approximate surface area is 130 Å². The van der Waals surface area contributed by atoms with Crippen molar-refractivity contribution in [1.29, 1.82) is 0 Å². The van der Waals surface area contributed by atoms with E-state index in [9.17, 15) is 0 Å². The third-order valence-corrected chi connectivity index (χ3v) is 4.45. The summed E-state index contributed by atoms with van der Waals surface area (Å²) >= 11 is 6.59. The lowest BCUT2D eigenvalue weighted by molar-refractivity contribution is 0.966.